The molecule has 0 aliphatic carbocycles. The van der Waals surface area contributed by atoms with Crippen LogP contribution in [0.3, 0.4) is 0 Å². The van der Waals surface area contributed by atoms with Crippen molar-refractivity contribution in [2.75, 3.05) is 26.7 Å². The molecule has 1 aromatic carbocycles. The maximum absolute atomic E-state index is 13.4. The first-order valence-corrected chi connectivity index (χ1v) is 7.00. The van der Waals surface area contributed by atoms with Gasteiger partial charge in [0.05, 0.1) is 0 Å². The van der Waals surface area contributed by atoms with Crippen LogP contribution in [0.1, 0.15) is 25.3 Å². The Morgan fingerprint density at radius 2 is 2.16 bits per heavy atom. The summed E-state index contributed by atoms with van der Waals surface area (Å²) in [6.07, 6.45) is 2.18. The minimum absolute atomic E-state index is 0.199. The first kappa shape index (κ1) is 14.3. The molecule has 1 aliphatic heterocycles. The summed E-state index contributed by atoms with van der Waals surface area (Å²) in [5.41, 5.74) is 0.683. The van der Waals surface area contributed by atoms with Crippen molar-refractivity contribution in [2.24, 2.45) is 0 Å². The van der Waals surface area contributed by atoms with Crippen molar-refractivity contribution in [3.63, 3.8) is 0 Å². The van der Waals surface area contributed by atoms with Crippen molar-refractivity contribution in [3.8, 4) is 5.75 Å². The summed E-state index contributed by atoms with van der Waals surface area (Å²) in [6.45, 7) is 5.94. The van der Waals surface area contributed by atoms with Crippen LogP contribution in [0.4, 0.5) is 4.39 Å². The van der Waals surface area contributed by atoms with Crippen LogP contribution < -0.4 is 0 Å². The SMILES string of the molecule is CCC1CN(C)CCCN1Cc1cccc(F)c1O. The van der Waals surface area contributed by atoms with Gasteiger partial charge in [0.15, 0.2) is 11.6 Å². The fourth-order valence-corrected chi connectivity index (χ4v) is 2.79. The predicted octanol–water partition coefficient (Wildman–Crippen LogP) is 2.45. The zero-order chi connectivity index (χ0) is 13.8. The van der Waals surface area contributed by atoms with Gasteiger partial charge in [-0.2, -0.15) is 0 Å². The van der Waals surface area contributed by atoms with E-state index in [0.29, 0.717) is 18.2 Å². The molecule has 0 spiro atoms. The molecule has 1 heterocycles. The summed E-state index contributed by atoms with van der Waals surface area (Å²) in [4.78, 5) is 4.71. The monoisotopic (exact) mass is 266 g/mol. The van der Waals surface area contributed by atoms with Crippen LogP contribution in [-0.2, 0) is 6.54 Å². The van der Waals surface area contributed by atoms with Crippen LogP contribution in [0.5, 0.6) is 5.75 Å². The van der Waals surface area contributed by atoms with E-state index in [-0.39, 0.29) is 5.75 Å². The van der Waals surface area contributed by atoms with E-state index in [0.717, 1.165) is 32.5 Å². The smallest absolute Gasteiger partial charge is 0.165 e. The number of hydrogen-bond donors (Lipinski definition) is 1. The molecular weight excluding hydrogens is 243 g/mol. The topological polar surface area (TPSA) is 26.7 Å². The number of para-hydroxylation sites is 1. The first-order valence-electron chi connectivity index (χ1n) is 7.00. The van der Waals surface area contributed by atoms with Gasteiger partial charge in [-0.15, -0.1) is 0 Å². The molecule has 1 saturated heterocycles. The summed E-state index contributed by atoms with van der Waals surface area (Å²) < 4.78 is 13.4. The number of phenols is 1. The molecule has 1 aromatic rings. The maximum atomic E-state index is 13.4. The Kier molecular flexibility index (Phi) is 4.77. The van der Waals surface area contributed by atoms with E-state index in [1.54, 1.807) is 12.1 Å². The van der Waals surface area contributed by atoms with E-state index >= 15 is 0 Å². The fraction of sp³-hybridized carbons (Fsp3) is 0.600. The molecule has 2 rings (SSSR count). The molecule has 1 fully saturated rings. The van der Waals surface area contributed by atoms with Gasteiger partial charge >= 0.3 is 0 Å². The van der Waals surface area contributed by atoms with Crippen molar-refractivity contribution in [2.45, 2.75) is 32.4 Å². The highest BCUT2D eigenvalue weighted by Gasteiger charge is 2.23. The van der Waals surface area contributed by atoms with Gasteiger partial charge in [-0.25, -0.2) is 4.39 Å². The Labute approximate surface area is 114 Å². The van der Waals surface area contributed by atoms with Gasteiger partial charge in [-0.05, 0) is 32.5 Å². The largest absolute Gasteiger partial charge is 0.505 e. The predicted molar refractivity (Wildman–Crippen MR) is 74.7 cm³/mol. The molecule has 1 unspecified atom stereocenters. The summed E-state index contributed by atoms with van der Waals surface area (Å²) in [7, 11) is 2.14. The van der Waals surface area contributed by atoms with Crippen LogP contribution in [0.15, 0.2) is 18.2 Å². The number of likely N-dealkylation sites (N-methyl/N-ethyl adjacent to an activating group) is 1. The third kappa shape index (κ3) is 3.45. The number of rotatable bonds is 3. The minimum Gasteiger partial charge on any atom is -0.505 e. The summed E-state index contributed by atoms with van der Waals surface area (Å²) in [6, 6.07) is 5.23. The Morgan fingerprint density at radius 1 is 1.37 bits per heavy atom. The number of benzene rings is 1. The van der Waals surface area contributed by atoms with Crippen molar-refractivity contribution in [1.29, 1.82) is 0 Å². The molecule has 1 atom stereocenters. The third-order valence-corrected chi connectivity index (χ3v) is 3.94. The Bertz CT molecular complexity index is 425. The van der Waals surface area contributed by atoms with Gasteiger partial charge in [-0.3, -0.25) is 4.90 Å². The lowest BCUT2D eigenvalue weighted by Crippen LogP contribution is -2.39. The van der Waals surface area contributed by atoms with Gasteiger partial charge in [0, 0.05) is 31.2 Å². The highest BCUT2D eigenvalue weighted by molar-refractivity contribution is 5.33. The van der Waals surface area contributed by atoms with Gasteiger partial charge < -0.3 is 10.0 Å². The molecule has 0 saturated carbocycles. The highest BCUT2D eigenvalue weighted by atomic mass is 19.1. The standard InChI is InChI=1S/C15H23FN2O/c1-3-13-11-17(2)8-5-9-18(13)10-12-6-4-7-14(16)15(12)19/h4,6-7,13,19H,3,5,8-11H2,1-2H3. The Balaban J connectivity index is 2.13. The third-order valence-electron chi connectivity index (χ3n) is 3.94. The van der Waals surface area contributed by atoms with Crippen LogP contribution >= 0.6 is 0 Å². The quantitative estimate of drug-likeness (QED) is 0.910. The van der Waals surface area contributed by atoms with Crippen LogP contribution in [-0.4, -0.2) is 47.6 Å². The van der Waals surface area contributed by atoms with Crippen molar-refractivity contribution in [1.82, 2.24) is 9.80 Å². The van der Waals surface area contributed by atoms with Crippen LogP contribution in [0.2, 0.25) is 0 Å². The normalized spacial score (nSPS) is 22.4. The Morgan fingerprint density at radius 3 is 2.89 bits per heavy atom. The maximum Gasteiger partial charge on any atom is 0.165 e. The second-order valence-corrected chi connectivity index (χ2v) is 5.40. The van der Waals surface area contributed by atoms with E-state index in [1.165, 1.54) is 6.07 Å². The molecule has 4 heteroatoms. The lowest BCUT2D eigenvalue weighted by Gasteiger charge is -2.30. The number of halogens is 1. The number of nitrogens with zero attached hydrogens (tertiary/aromatic N) is 2. The minimum atomic E-state index is -0.530. The molecule has 3 nitrogen and oxygen atoms in total. The first-order chi connectivity index (χ1) is 9.11. The number of hydrogen-bond acceptors (Lipinski definition) is 3. The average Bonchev–Trinajstić information content (AvgIpc) is 2.57. The Hall–Kier alpha value is -1.13. The second-order valence-electron chi connectivity index (χ2n) is 5.40. The summed E-state index contributed by atoms with van der Waals surface area (Å²) >= 11 is 0. The fourth-order valence-electron chi connectivity index (χ4n) is 2.79. The van der Waals surface area contributed by atoms with E-state index in [1.807, 2.05) is 0 Å². The number of aromatic hydroxyl groups is 1. The number of phenolic OH excluding ortho intramolecular Hbond substituents is 1. The van der Waals surface area contributed by atoms with Crippen molar-refractivity contribution < 1.29 is 9.50 Å². The summed E-state index contributed by atoms with van der Waals surface area (Å²) in [5.74, 6) is -0.729. The van der Waals surface area contributed by atoms with Crippen molar-refractivity contribution in [3.05, 3.63) is 29.6 Å². The average molecular weight is 266 g/mol. The van der Waals surface area contributed by atoms with E-state index in [9.17, 15) is 9.50 Å². The molecule has 19 heavy (non-hydrogen) atoms. The lowest BCUT2D eigenvalue weighted by molar-refractivity contribution is 0.174. The van der Waals surface area contributed by atoms with Gasteiger partial charge in [0.25, 0.3) is 0 Å². The molecule has 1 N–H and O–H groups in total. The van der Waals surface area contributed by atoms with Crippen molar-refractivity contribution >= 4 is 0 Å². The van der Waals surface area contributed by atoms with Gasteiger partial charge in [0.2, 0.25) is 0 Å². The zero-order valence-corrected chi connectivity index (χ0v) is 11.8. The molecule has 0 bridgehead atoms. The van der Waals surface area contributed by atoms with E-state index in [4.69, 9.17) is 0 Å². The molecule has 0 radical (unpaired) electrons. The van der Waals surface area contributed by atoms with Gasteiger partial charge in [-0.1, -0.05) is 19.1 Å². The summed E-state index contributed by atoms with van der Waals surface area (Å²) in [5, 5.41) is 9.80. The van der Waals surface area contributed by atoms with Crippen LogP contribution in [0, 0.1) is 5.82 Å². The molecular formula is C15H23FN2O. The molecule has 106 valence electrons. The zero-order valence-electron chi connectivity index (χ0n) is 11.8. The lowest BCUT2D eigenvalue weighted by atomic mass is 10.1. The van der Waals surface area contributed by atoms with Gasteiger partial charge in [0.1, 0.15) is 0 Å². The molecule has 0 amide bonds. The van der Waals surface area contributed by atoms with E-state index in [2.05, 4.69) is 23.8 Å². The molecule has 1 aliphatic rings. The van der Waals surface area contributed by atoms with E-state index < -0.39 is 5.82 Å². The van der Waals surface area contributed by atoms with Crippen LogP contribution in [0.25, 0.3) is 0 Å². The second kappa shape index (κ2) is 6.35. The highest BCUT2D eigenvalue weighted by Crippen LogP contribution is 2.24. The molecule has 0 aromatic heterocycles.